The van der Waals surface area contributed by atoms with Crippen LogP contribution in [-0.4, -0.2) is 27.0 Å². The van der Waals surface area contributed by atoms with Gasteiger partial charge in [-0.3, -0.25) is 4.68 Å². The van der Waals surface area contributed by atoms with E-state index in [0.717, 1.165) is 37.9 Å². The number of rotatable bonds is 5. The highest BCUT2D eigenvalue weighted by molar-refractivity contribution is 5.00. The van der Waals surface area contributed by atoms with Crippen LogP contribution in [-0.2, 0) is 6.54 Å². The maximum atomic E-state index is 10.6. The van der Waals surface area contributed by atoms with Crippen LogP contribution in [0, 0.1) is 0 Å². The minimum Gasteiger partial charge on any atom is -0.389 e. The summed E-state index contributed by atoms with van der Waals surface area (Å²) in [4.78, 5) is 0. The van der Waals surface area contributed by atoms with Crippen LogP contribution in [0.2, 0.25) is 0 Å². The van der Waals surface area contributed by atoms with Crippen LogP contribution in [0.5, 0.6) is 0 Å². The first kappa shape index (κ1) is 15.0. The van der Waals surface area contributed by atoms with Crippen molar-refractivity contribution in [3.05, 3.63) is 18.0 Å². The molecule has 2 aliphatic rings. The average Bonchev–Trinajstić information content (AvgIpc) is 3.10. The summed E-state index contributed by atoms with van der Waals surface area (Å²) < 4.78 is 2.14. The lowest BCUT2D eigenvalue weighted by molar-refractivity contribution is 0.0249. The van der Waals surface area contributed by atoms with Gasteiger partial charge in [0.25, 0.3) is 0 Å². The fourth-order valence-electron chi connectivity index (χ4n) is 3.83. The van der Waals surface area contributed by atoms with Gasteiger partial charge in [0.1, 0.15) is 0 Å². The zero-order valence-corrected chi connectivity index (χ0v) is 13.1. The zero-order chi connectivity index (χ0) is 14.5. The maximum Gasteiger partial charge on any atom is 0.0771 e. The van der Waals surface area contributed by atoms with E-state index < -0.39 is 5.60 Å². The molecule has 1 aromatic heterocycles. The van der Waals surface area contributed by atoms with Crippen LogP contribution < -0.4 is 5.32 Å². The highest BCUT2D eigenvalue weighted by Crippen LogP contribution is 2.29. The molecule has 0 aliphatic heterocycles. The van der Waals surface area contributed by atoms with Gasteiger partial charge in [-0.2, -0.15) is 5.10 Å². The summed E-state index contributed by atoms with van der Waals surface area (Å²) in [6, 6.07) is 2.73. The van der Waals surface area contributed by atoms with Crippen molar-refractivity contribution >= 4 is 0 Å². The van der Waals surface area contributed by atoms with Crippen LogP contribution in [0.1, 0.15) is 75.9 Å². The quantitative estimate of drug-likeness (QED) is 0.819. The standard InChI is InChI=1S/C17H29N3O/c21-17(10-5-1-2-6-11-17)14-18-13-15-9-12-20(19-15)16-7-3-4-8-16/h9,12,16,18,21H,1-8,10-11,13-14H2. The second-order valence-electron chi connectivity index (χ2n) is 6.97. The molecule has 0 saturated heterocycles. The first-order valence-corrected chi connectivity index (χ1v) is 8.72. The van der Waals surface area contributed by atoms with Crippen molar-refractivity contribution in [3.8, 4) is 0 Å². The zero-order valence-electron chi connectivity index (χ0n) is 13.1. The molecular formula is C17H29N3O. The van der Waals surface area contributed by atoms with E-state index in [1.165, 1.54) is 38.5 Å². The van der Waals surface area contributed by atoms with Crippen molar-refractivity contribution in [2.75, 3.05) is 6.54 Å². The maximum absolute atomic E-state index is 10.6. The number of nitrogens with zero attached hydrogens (tertiary/aromatic N) is 2. The molecule has 1 aromatic rings. The Morgan fingerprint density at radius 2 is 1.86 bits per heavy atom. The molecular weight excluding hydrogens is 262 g/mol. The van der Waals surface area contributed by atoms with Gasteiger partial charge >= 0.3 is 0 Å². The second-order valence-corrected chi connectivity index (χ2v) is 6.97. The Morgan fingerprint density at radius 1 is 1.14 bits per heavy atom. The summed E-state index contributed by atoms with van der Waals surface area (Å²) in [7, 11) is 0. The van der Waals surface area contributed by atoms with Gasteiger partial charge in [-0.25, -0.2) is 0 Å². The molecule has 2 fully saturated rings. The normalized spacial score (nSPS) is 23.3. The van der Waals surface area contributed by atoms with E-state index in [4.69, 9.17) is 0 Å². The summed E-state index contributed by atoms with van der Waals surface area (Å²) in [5.74, 6) is 0. The third-order valence-corrected chi connectivity index (χ3v) is 5.16. The highest BCUT2D eigenvalue weighted by Gasteiger charge is 2.27. The molecule has 4 nitrogen and oxygen atoms in total. The molecule has 0 atom stereocenters. The number of aromatic nitrogens is 2. The molecule has 2 saturated carbocycles. The Kier molecular flexibility index (Phi) is 4.96. The number of hydrogen-bond donors (Lipinski definition) is 2. The number of aliphatic hydroxyl groups is 1. The van der Waals surface area contributed by atoms with Gasteiger partial charge in [0.2, 0.25) is 0 Å². The minimum atomic E-state index is -0.496. The Balaban J connectivity index is 1.46. The smallest absolute Gasteiger partial charge is 0.0771 e. The fourth-order valence-corrected chi connectivity index (χ4v) is 3.83. The molecule has 0 aromatic carbocycles. The van der Waals surface area contributed by atoms with Crippen LogP contribution in [0.3, 0.4) is 0 Å². The Hall–Kier alpha value is -0.870. The van der Waals surface area contributed by atoms with Crippen molar-refractivity contribution in [3.63, 3.8) is 0 Å². The number of nitrogens with one attached hydrogen (secondary N) is 1. The summed E-state index contributed by atoms with van der Waals surface area (Å²) in [5, 5.41) is 18.7. The Morgan fingerprint density at radius 3 is 2.57 bits per heavy atom. The topological polar surface area (TPSA) is 50.1 Å². The van der Waals surface area contributed by atoms with E-state index in [-0.39, 0.29) is 0 Å². The summed E-state index contributed by atoms with van der Waals surface area (Å²) >= 11 is 0. The molecule has 3 rings (SSSR count). The lowest BCUT2D eigenvalue weighted by Gasteiger charge is -2.26. The van der Waals surface area contributed by atoms with E-state index in [1.54, 1.807) is 0 Å². The van der Waals surface area contributed by atoms with Gasteiger partial charge in [0.05, 0.1) is 17.3 Å². The molecule has 21 heavy (non-hydrogen) atoms. The summed E-state index contributed by atoms with van der Waals surface area (Å²) in [5.41, 5.74) is 0.601. The van der Waals surface area contributed by atoms with Crippen molar-refractivity contribution in [1.29, 1.82) is 0 Å². The van der Waals surface area contributed by atoms with Crippen LogP contribution in [0.15, 0.2) is 12.3 Å². The van der Waals surface area contributed by atoms with Gasteiger partial charge in [0.15, 0.2) is 0 Å². The van der Waals surface area contributed by atoms with E-state index in [1.807, 2.05) is 0 Å². The third-order valence-electron chi connectivity index (χ3n) is 5.16. The van der Waals surface area contributed by atoms with Crippen molar-refractivity contribution in [2.45, 2.75) is 82.4 Å². The molecule has 0 bridgehead atoms. The first-order chi connectivity index (χ1) is 10.3. The first-order valence-electron chi connectivity index (χ1n) is 8.72. The molecule has 0 amide bonds. The summed E-state index contributed by atoms with van der Waals surface area (Å²) in [6.45, 7) is 1.46. The van der Waals surface area contributed by atoms with Crippen molar-refractivity contribution in [2.24, 2.45) is 0 Å². The monoisotopic (exact) mass is 291 g/mol. The summed E-state index contributed by atoms with van der Waals surface area (Å²) in [6.07, 6.45) is 14.1. The molecule has 0 unspecified atom stereocenters. The van der Waals surface area contributed by atoms with E-state index in [9.17, 15) is 5.11 Å². The molecule has 1 heterocycles. The predicted octanol–water partition coefficient (Wildman–Crippen LogP) is 3.17. The van der Waals surface area contributed by atoms with Crippen LogP contribution in [0.4, 0.5) is 0 Å². The van der Waals surface area contributed by atoms with Gasteiger partial charge in [-0.1, -0.05) is 38.5 Å². The molecule has 0 spiro atoms. The Labute approximate surface area is 127 Å². The lowest BCUT2D eigenvalue weighted by Crippen LogP contribution is -2.40. The van der Waals surface area contributed by atoms with Crippen molar-refractivity contribution < 1.29 is 5.11 Å². The van der Waals surface area contributed by atoms with Gasteiger partial charge < -0.3 is 10.4 Å². The van der Waals surface area contributed by atoms with Gasteiger partial charge in [0, 0.05) is 19.3 Å². The van der Waals surface area contributed by atoms with Crippen LogP contribution in [0.25, 0.3) is 0 Å². The largest absolute Gasteiger partial charge is 0.389 e. The van der Waals surface area contributed by atoms with E-state index in [2.05, 4.69) is 27.4 Å². The highest BCUT2D eigenvalue weighted by atomic mass is 16.3. The minimum absolute atomic E-state index is 0.496. The number of hydrogen-bond acceptors (Lipinski definition) is 3. The Bertz CT molecular complexity index is 429. The predicted molar refractivity (Wildman–Crippen MR) is 84.1 cm³/mol. The molecule has 2 N–H and O–H groups in total. The molecule has 0 radical (unpaired) electrons. The second kappa shape index (κ2) is 6.93. The van der Waals surface area contributed by atoms with E-state index >= 15 is 0 Å². The average molecular weight is 291 g/mol. The lowest BCUT2D eigenvalue weighted by atomic mass is 9.94. The molecule has 2 aliphatic carbocycles. The van der Waals surface area contributed by atoms with E-state index in [0.29, 0.717) is 12.6 Å². The fraction of sp³-hybridized carbons (Fsp3) is 0.824. The molecule has 4 heteroatoms. The van der Waals surface area contributed by atoms with Gasteiger partial charge in [-0.15, -0.1) is 0 Å². The van der Waals surface area contributed by atoms with Crippen LogP contribution >= 0.6 is 0 Å². The van der Waals surface area contributed by atoms with Gasteiger partial charge in [-0.05, 0) is 31.7 Å². The SMILES string of the molecule is OC1(CNCc2ccn(C3CCCC3)n2)CCCCCC1. The third kappa shape index (κ3) is 4.07. The molecule has 118 valence electrons. The van der Waals surface area contributed by atoms with Crippen molar-refractivity contribution in [1.82, 2.24) is 15.1 Å².